The highest BCUT2D eigenvalue weighted by molar-refractivity contribution is 5.37. The van der Waals surface area contributed by atoms with Crippen molar-refractivity contribution < 1.29 is 15.3 Å². The van der Waals surface area contributed by atoms with E-state index < -0.39 is 17.8 Å². The highest BCUT2D eigenvalue weighted by Crippen LogP contribution is 2.51. The molecule has 0 spiro atoms. The van der Waals surface area contributed by atoms with Gasteiger partial charge in [-0.25, -0.2) is 0 Å². The molecular formula is C25H38O3. The Balaban J connectivity index is 2.02. The smallest absolute Gasteiger partial charge is 0.119 e. The van der Waals surface area contributed by atoms with Crippen LogP contribution >= 0.6 is 0 Å². The van der Waals surface area contributed by atoms with Crippen molar-refractivity contribution >= 4 is 0 Å². The number of hydrogen-bond donors (Lipinski definition) is 3. The Morgan fingerprint density at radius 2 is 1.96 bits per heavy atom. The van der Waals surface area contributed by atoms with Crippen LogP contribution in [0.15, 0.2) is 36.0 Å². The summed E-state index contributed by atoms with van der Waals surface area (Å²) in [6.07, 6.45) is 9.35. The standard InChI is InChI=1S/C25H38O3/c1-17(9-8-14-24(3,4)28)22-13-12-20(25(22,5)6)11-7-10-19-15-21(26)16-23(27)18(19)2/h7,10-11,17,20-23,26-28H,2,9,12-13,15-16H2,1,3-6H3/b11-7+,19-10-/t17-,20?,21+,22+,23-/m0/s1. The minimum atomic E-state index is -0.923. The molecule has 2 rings (SSSR count). The molecule has 2 aliphatic rings. The number of aliphatic hydroxyl groups excluding tert-OH is 2. The lowest BCUT2D eigenvalue weighted by atomic mass is 9.70. The zero-order valence-corrected chi connectivity index (χ0v) is 18.2. The topological polar surface area (TPSA) is 60.7 Å². The van der Waals surface area contributed by atoms with Gasteiger partial charge in [0.05, 0.1) is 12.2 Å². The summed E-state index contributed by atoms with van der Waals surface area (Å²) in [5.41, 5.74) is 0.948. The van der Waals surface area contributed by atoms with E-state index in [-0.39, 0.29) is 5.41 Å². The average molecular weight is 387 g/mol. The van der Waals surface area contributed by atoms with Crippen molar-refractivity contribution in [2.45, 2.75) is 84.5 Å². The van der Waals surface area contributed by atoms with E-state index in [2.05, 4.69) is 51.3 Å². The van der Waals surface area contributed by atoms with E-state index >= 15 is 0 Å². The maximum absolute atomic E-state index is 9.98. The first-order valence-corrected chi connectivity index (χ1v) is 10.6. The molecule has 3 nitrogen and oxygen atoms in total. The zero-order chi connectivity index (χ0) is 21.1. The van der Waals surface area contributed by atoms with Crippen LogP contribution in [0.25, 0.3) is 0 Å². The van der Waals surface area contributed by atoms with Crippen LogP contribution in [0.2, 0.25) is 0 Å². The third-order valence-corrected chi connectivity index (χ3v) is 6.61. The van der Waals surface area contributed by atoms with Crippen LogP contribution in [-0.4, -0.2) is 33.1 Å². The van der Waals surface area contributed by atoms with Gasteiger partial charge in [-0.05, 0) is 67.4 Å². The number of rotatable bonds is 4. The lowest BCUT2D eigenvalue weighted by molar-refractivity contribution is 0.0862. The molecule has 0 amide bonds. The summed E-state index contributed by atoms with van der Waals surface area (Å²) in [5, 5.41) is 29.6. The maximum Gasteiger partial charge on any atom is 0.119 e. The van der Waals surface area contributed by atoms with Gasteiger partial charge < -0.3 is 15.3 Å². The number of aliphatic hydroxyl groups is 3. The van der Waals surface area contributed by atoms with Crippen LogP contribution in [0.1, 0.15) is 66.7 Å². The third kappa shape index (κ3) is 5.83. The molecule has 0 aromatic carbocycles. The molecule has 3 heteroatoms. The van der Waals surface area contributed by atoms with Crippen LogP contribution in [-0.2, 0) is 0 Å². The molecule has 0 aromatic rings. The van der Waals surface area contributed by atoms with Gasteiger partial charge in [-0.15, -0.1) is 5.92 Å². The fourth-order valence-corrected chi connectivity index (χ4v) is 4.87. The van der Waals surface area contributed by atoms with E-state index in [0.29, 0.717) is 30.6 Å². The molecule has 3 N–H and O–H groups in total. The van der Waals surface area contributed by atoms with Crippen molar-refractivity contribution in [2.75, 3.05) is 0 Å². The Labute approximate surface area is 171 Å². The number of hydrogen-bond acceptors (Lipinski definition) is 3. The van der Waals surface area contributed by atoms with Gasteiger partial charge in [0.1, 0.15) is 5.60 Å². The van der Waals surface area contributed by atoms with E-state index in [1.807, 2.05) is 6.08 Å². The van der Waals surface area contributed by atoms with Crippen LogP contribution in [0, 0.1) is 35.0 Å². The second kappa shape index (κ2) is 8.99. The Kier molecular flexibility index (Phi) is 7.37. The zero-order valence-electron chi connectivity index (χ0n) is 18.2. The van der Waals surface area contributed by atoms with E-state index in [1.54, 1.807) is 13.8 Å². The summed E-state index contributed by atoms with van der Waals surface area (Å²) in [6, 6.07) is 0. The van der Waals surface area contributed by atoms with Crippen molar-refractivity contribution in [3.63, 3.8) is 0 Å². The molecule has 1 unspecified atom stereocenters. The molecule has 5 atom stereocenters. The van der Waals surface area contributed by atoms with E-state index in [1.165, 1.54) is 6.42 Å². The molecule has 0 aliphatic heterocycles. The van der Waals surface area contributed by atoms with Crippen molar-refractivity contribution in [1.29, 1.82) is 0 Å². The second-order valence-electron chi connectivity index (χ2n) is 9.87. The highest BCUT2D eigenvalue weighted by Gasteiger charge is 2.43. The van der Waals surface area contributed by atoms with Gasteiger partial charge >= 0.3 is 0 Å². The van der Waals surface area contributed by atoms with Gasteiger partial charge in [-0.3, -0.25) is 0 Å². The molecule has 0 heterocycles. The van der Waals surface area contributed by atoms with Gasteiger partial charge in [-0.2, -0.15) is 0 Å². The molecule has 0 bridgehead atoms. The van der Waals surface area contributed by atoms with E-state index in [9.17, 15) is 15.3 Å². The third-order valence-electron chi connectivity index (χ3n) is 6.61. The Bertz CT molecular complexity index is 681. The SMILES string of the molecule is C=C1/C(=C\C=C\C2CC[C@H]([C@@H](C)CC#CC(C)(C)O)C2(C)C)C[C@@H](O)C[C@@H]1O. The Morgan fingerprint density at radius 1 is 1.29 bits per heavy atom. The highest BCUT2D eigenvalue weighted by atomic mass is 16.3. The Hall–Kier alpha value is -1.34. The molecule has 2 fully saturated rings. The minimum absolute atomic E-state index is 0.188. The predicted molar refractivity (Wildman–Crippen MR) is 115 cm³/mol. The van der Waals surface area contributed by atoms with Gasteiger partial charge in [0.2, 0.25) is 0 Å². The van der Waals surface area contributed by atoms with Crippen molar-refractivity contribution in [3.05, 3.63) is 36.0 Å². The van der Waals surface area contributed by atoms with Gasteiger partial charge in [-0.1, -0.05) is 51.5 Å². The van der Waals surface area contributed by atoms with E-state index in [4.69, 9.17) is 0 Å². The first-order chi connectivity index (χ1) is 12.9. The van der Waals surface area contributed by atoms with Crippen LogP contribution in [0.3, 0.4) is 0 Å². The van der Waals surface area contributed by atoms with Gasteiger partial charge in [0.15, 0.2) is 0 Å². The summed E-state index contributed by atoms with van der Waals surface area (Å²) < 4.78 is 0. The van der Waals surface area contributed by atoms with E-state index in [0.717, 1.165) is 24.0 Å². The fourth-order valence-electron chi connectivity index (χ4n) is 4.87. The van der Waals surface area contributed by atoms with Crippen molar-refractivity contribution in [3.8, 4) is 11.8 Å². The summed E-state index contributed by atoms with van der Waals surface area (Å²) >= 11 is 0. The summed E-state index contributed by atoms with van der Waals surface area (Å²) in [7, 11) is 0. The fraction of sp³-hybridized carbons (Fsp3) is 0.680. The molecule has 28 heavy (non-hydrogen) atoms. The molecular weight excluding hydrogens is 348 g/mol. The number of allylic oxidation sites excluding steroid dienone is 3. The predicted octanol–water partition coefficient (Wildman–Crippen LogP) is 4.39. The van der Waals surface area contributed by atoms with Gasteiger partial charge in [0.25, 0.3) is 0 Å². The second-order valence-corrected chi connectivity index (χ2v) is 9.87. The maximum atomic E-state index is 9.98. The van der Waals surface area contributed by atoms with Crippen LogP contribution in [0.5, 0.6) is 0 Å². The largest absolute Gasteiger partial charge is 0.393 e. The summed E-state index contributed by atoms with van der Waals surface area (Å²) in [6.45, 7) is 14.4. The first-order valence-electron chi connectivity index (χ1n) is 10.6. The van der Waals surface area contributed by atoms with Crippen LogP contribution < -0.4 is 0 Å². The van der Waals surface area contributed by atoms with Crippen molar-refractivity contribution in [2.24, 2.45) is 23.2 Å². The monoisotopic (exact) mass is 386 g/mol. The molecule has 0 saturated heterocycles. The lowest BCUT2D eigenvalue weighted by Gasteiger charge is -2.35. The minimum Gasteiger partial charge on any atom is -0.393 e. The Morgan fingerprint density at radius 3 is 2.61 bits per heavy atom. The summed E-state index contributed by atoms with van der Waals surface area (Å²) in [4.78, 5) is 0. The van der Waals surface area contributed by atoms with Crippen LogP contribution in [0.4, 0.5) is 0 Å². The molecule has 0 aromatic heterocycles. The first kappa shape index (κ1) is 22.9. The quantitative estimate of drug-likeness (QED) is 0.628. The average Bonchev–Trinajstić information content (AvgIpc) is 2.85. The van der Waals surface area contributed by atoms with Crippen molar-refractivity contribution in [1.82, 2.24) is 0 Å². The normalized spacial score (nSPS) is 33.1. The van der Waals surface area contributed by atoms with Gasteiger partial charge in [0, 0.05) is 12.8 Å². The molecule has 2 aliphatic carbocycles. The summed E-state index contributed by atoms with van der Waals surface area (Å²) in [5.74, 6) is 7.68. The lowest BCUT2D eigenvalue weighted by Crippen LogP contribution is -2.28. The molecule has 156 valence electrons. The molecule has 2 saturated carbocycles. The molecule has 0 radical (unpaired) electrons.